The van der Waals surface area contributed by atoms with Crippen LogP contribution in [-0.2, 0) is 18.5 Å². The first kappa shape index (κ1) is 44.3. The van der Waals surface area contributed by atoms with Gasteiger partial charge in [-0.2, -0.15) is 39.5 Å². The first-order valence-electron chi connectivity index (χ1n) is 21.9. The van der Waals surface area contributed by atoms with Crippen LogP contribution in [0.2, 0.25) is 0 Å². The minimum atomic E-state index is -4.90. The third-order valence-corrected chi connectivity index (χ3v) is 12.5. The number of benzene rings is 8. The summed E-state index contributed by atoms with van der Waals surface area (Å²) in [6.07, 6.45) is -14.7. The second-order valence-electron chi connectivity index (χ2n) is 17.2. The Balaban J connectivity index is 1.25. The van der Waals surface area contributed by atoms with E-state index in [1.54, 1.807) is 12.1 Å². The molecule has 8 aromatic carbocycles. The number of alkyl halides is 9. The number of nitrogens with zero attached hydrogens (tertiary/aromatic N) is 5. The number of aryl methyl sites for hydroxylation is 2. The average Bonchev–Trinajstić information content (AvgIpc) is 3.84. The van der Waals surface area contributed by atoms with Crippen LogP contribution >= 0.6 is 0 Å². The van der Waals surface area contributed by atoms with Crippen molar-refractivity contribution in [3.8, 4) is 56.7 Å². The molecule has 0 aliphatic rings. The van der Waals surface area contributed by atoms with Gasteiger partial charge < -0.3 is 9.13 Å². The van der Waals surface area contributed by atoms with Gasteiger partial charge >= 0.3 is 18.5 Å². The van der Waals surface area contributed by atoms with Gasteiger partial charge in [0.05, 0.1) is 50.1 Å². The summed E-state index contributed by atoms with van der Waals surface area (Å²) in [5.74, 6) is 1.05. The molecule has 0 fully saturated rings. The predicted octanol–water partition coefficient (Wildman–Crippen LogP) is 16.4. The molecule has 0 aliphatic carbocycles. The van der Waals surface area contributed by atoms with E-state index in [1.165, 1.54) is 10.6 Å². The van der Waals surface area contributed by atoms with Crippen LogP contribution in [0.3, 0.4) is 0 Å². The number of hydrogen-bond donors (Lipinski definition) is 0. The summed E-state index contributed by atoms with van der Waals surface area (Å²) < 4.78 is 134. The largest absolute Gasteiger partial charge is 0.416 e. The van der Waals surface area contributed by atoms with Gasteiger partial charge in [0, 0.05) is 49.4 Å². The molecule has 0 bridgehead atoms. The van der Waals surface area contributed by atoms with Crippen molar-refractivity contribution in [1.29, 1.82) is 0 Å². The van der Waals surface area contributed by atoms with Crippen molar-refractivity contribution in [2.45, 2.75) is 32.4 Å². The van der Waals surface area contributed by atoms with Gasteiger partial charge in [-0.3, -0.25) is 0 Å². The Hall–Kier alpha value is -8.26. The highest BCUT2D eigenvalue weighted by Gasteiger charge is 2.35. The third-order valence-electron chi connectivity index (χ3n) is 12.5. The van der Waals surface area contributed by atoms with E-state index in [4.69, 9.17) is 15.0 Å². The number of hydrogen-bond acceptors (Lipinski definition) is 3. The third kappa shape index (κ3) is 7.69. The molecule has 3 heterocycles. The molecule has 0 N–H and O–H groups in total. The molecule has 3 aromatic heterocycles. The molecule has 0 amide bonds. The lowest BCUT2D eigenvalue weighted by atomic mass is 9.97. The predicted molar refractivity (Wildman–Crippen MR) is 255 cm³/mol. The second-order valence-corrected chi connectivity index (χ2v) is 17.2. The molecule has 11 aromatic rings. The number of halogens is 9. The normalized spacial score (nSPS) is 12.5. The van der Waals surface area contributed by atoms with E-state index in [1.807, 2.05) is 122 Å². The van der Waals surface area contributed by atoms with Crippen LogP contribution in [0.1, 0.15) is 27.8 Å². The van der Waals surface area contributed by atoms with Gasteiger partial charge in [-0.25, -0.2) is 15.0 Å². The molecular formula is C56H34F9N5. The van der Waals surface area contributed by atoms with E-state index < -0.39 is 35.2 Å². The minimum absolute atomic E-state index is 0.0454. The molecule has 346 valence electrons. The fourth-order valence-corrected chi connectivity index (χ4v) is 9.29. The topological polar surface area (TPSA) is 48.5 Å². The fourth-order valence-electron chi connectivity index (χ4n) is 9.29. The summed E-state index contributed by atoms with van der Waals surface area (Å²) in [5.41, 5.74) is 2.84. The first-order valence-corrected chi connectivity index (χ1v) is 21.9. The zero-order valence-corrected chi connectivity index (χ0v) is 36.8. The molecule has 0 radical (unpaired) electrons. The Bertz CT molecular complexity index is 3680. The number of rotatable bonds is 6. The standard InChI is InChI=1S/C56H34F9N5/c1-31-13-21-45-41(25-31)42-26-32(2)14-22-46(42)69(45)49-27-35(53-67-51(33-9-5-3-6-10-33)66-52(68-53)34-11-7-4-8-12-34)15-19-39(49)40-20-16-38(56(63,64)65)30-50(40)70-47-23-17-36(54(57,58)59)28-43(47)44-29-37(55(60,61)62)18-24-48(44)70/h3-30H,1-2H3. The highest BCUT2D eigenvalue weighted by atomic mass is 19.4. The molecular weight excluding hydrogens is 914 g/mol. The maximum atomic E-state index is 14.9. The summed E-state index contributed by atoms with van der Waals surface area (Å²) >= 11 is 0. The smallest absolute Gasteiger partial charge is 0.309 e. The Morgan fingerprint density at radius 2 is 0.671 bits per heavy atom. The maximum Gasteiger partial charge on any atom is 0.416 e. The van der Waals surface area contributed by atoms with Gasteiger partial charge in [0.25, 0.3) is 0 Å². The van der Waals surface area contributed by atoms with Crippen molar-refractivity contribution >= 4 is 43.6 Å². The van der Waals surface area contributed by atoms with Crippen LogP contribution in [0.25, 0.3) is 100 Å². The maximum absolute atomic E-state index is 14.9. The molecule has 0 unspecified atom stereocenters. The SMILES string of the molecule is Cc1ccc2c(c1)c1cc(C)ccc1n2-c1cc(-c2nc(-c3ccccc3)nc(-c3ccccc3)n2)ccc1-c1ccc(C(F)(F)F)cc1-n1c2ccc(C(F)(F)F)cc2c2cc(C(F)(F)F)ccc21. The van der Waals surface area contributed by atoms with Crippen LogP contribution in [0.4, 0.5) is 39.5 Å². The molecule has 5 nitrogen and oxygen atoms in total. The molecule has 70 heavy (non-hydrogen) atoms. The van der Waals surface area contributed by atoms with Crippen molar-refractivity contribution in [3.63, 3.8) is 0 Å². The number of fused-ring (bicyclic) bond motifs is 6. The van der Waals surface area contributed by atoms with Crippen molar-refractivity contribution in [2.75, 3.05) is 0 Å². The summed E-state index contributed by atoms with van der Waals surface area (Å²) in [6, 6.07) is 44.1. The lowest BCUT2D eigenvalue weighted by molar-refractivity contribution is -0.138. The fraction of sp³-hybridized carbons (Fsp3) is 0.0893. The van der Waals surface area contributed by atoms with Gasteiger partial charge in [-0.1, -0.05) is 102 Å². The highest BCUT2D eigenvalue weighted by Crippen LogP contribution is 2.46. The Morgan fingerprint density at radius 1 is 0.329 bits per heavy atom. The van der Waals surface area contributed by atoms with E-state index in [9.17, 15) is 39.5 Å². The van der Waals surface area contributed by atoms with E-state index in [0.29, 0.717) is 28.5 Å². The van der Waals surface area contributed by atoms with Gasteiger partial charge in [-0.15, -0.1) is 0 Å². The molecule has 11 rings (SSSR count). The second kappa shape index (κ2) is 16.2. The molecule has 0 atom stereocenters. The van der Waals surface area contributed by atoms with Gasteiger partial charge in [0.1, 0.15) is 0 Å². The summed E-state index contributed by atoms with van der Waals surface area (Å²) in [5, 5.41) is 1.32. The molecule has 0 spiro atoms. The van der Waals surface area contributed by atoms with Gasteiger partial charge in [0.15, 0.2) is 17.5 Å². The highest BCUT2D eigenvalue weighted by molar-refractivity contribution is 6.12. The van der Waals surface area contributed by atoms with Crippen LogP contribution in [0.5, 0.6) is 0 Å². The molecule has 0 aliphatic heterocycles. The lowest BCUT2D eigenvalue weighted by Crippen LogP contribution is -2.09. The van der Waals surface area contributed by atoms with E-state index >= 15 is 0 Å². The molecule has 14 heteroatoms. The first-order chi connectivity index (χ1) is 33.4. The summed E-state index contributed by atoms with van der Waals surface area (Å²) in [7, 11) is 0. The van der Waals surface area contributed by atoms with Crippen LogP contribution in [0.15, 0.2) is 170 Å². The summed E-state index contributed by atoms with van der Waals surface area (Å²) in [4.78, 5) is 14.8. The van der Waals surface area contributed by atoms with Gasteiger partial charge in [0.2, 0.25) is 0 Å². The average molecular weight is 948 g/mol. The van der Waals surface area contributed by atoms with E-state index in [0.717, 1.165) is 92.6 Å². The van der Waals surface area contributed by atoms with Crippen LogP contribution in [0, 0.1) is 13.8 Å². The summed E-state index contributed by atoms with van der Waals surface area (Å²) in [6.45, 7) is 3.94. The monoisotopic (exact) mass is 947 g/mol. The van der Waals surface area contributed by atoms with Crippen molar-refractivity contribution < 1.29 is 39.5 Å². The van der Waals surface area contributed by atoms with Crippen molar-refractivity contribution in [3.05, 3.63) is 198 Å². The molecule has 0 saturated carbocycles. The van der Waals surface area contributed by atoms with Crippen LogP contribution in [-0.4, -0.2) is 24.1 Å². The van der Waals surface area contributed by atoms with E-state index in [2.05, 4.69) is 0 Å². The van der Waals surface area contributed by atoms with Crippen LogP contribution < -0.4 is 0 Å². The zero-order valence-electron chi connectivity index (χ0n) is 36.8. The van der Waals surface area contributed by atoms with Crippen molar-refractivity contribution in [1.82, 2.24) is 24.1 Å². The van der Waals surface area contributed by atoms with E-state index in [-0.39, 0.29) is 38.9 Å². The number of aromatic nitrogens is 5. The zero-order chi connectivity index (χ0) is 48.9. The van der Waals surface area contributed by atoms with Crippen molar-refractivity contribution in [2.24, 2.45) is 0 Å². The Labute approximate surface area is 392 Å². The van der Waals surface area contributed by atoms with Gasteiger partial charge in [-0.05, 0) is 92.7 Å². The molecule has 0 saturated heterocycles. The Kier molecular flexibility index (Phi) is 10.2. The quantitative estimate of drug-likeness (QED) is 0.156. The Morgan fingerprint density at radius 3 is 1.10 bits per heavy atom. The minimum Gasteiger partial charge on any atom is -0.309 e. The lowest BCUT2D eigenvalue weighted by Gasteiger charge is -2.21.